The number of amides is 3. The summed E-state index contributed by atoms with van der Waals surface area (Å²) < 4.78 is 0. The van der Waals surface area contributed by atoms with Gasteiger partial charge in [-0.3, -0.25) is 14.4 Å². The highest BCUT2D eigenvalue weighted by Gasteiger charge is 2.33. The number of aliphatic carboxylic acids is 1. The number of hydrogen-bond acceptors (Lipinski definition) is 5. The van der Waals surface area contributed by atoms with E-state index in [0.29, 0.717) is 6.42 Å². The van der Waals surface area contributed by atoms with Crippen molar-refractivity contribution in [3.63, 3.8) is 0 Å². The Morgan fingerprint density at radius 3 is 1.91 bits per heavy atom. The van der Waals surface area contributed by atoms with Crippen molar-refractivity contribution in [3.05, 3.63) is 35.9 Å². The number of nitrogens with two attached hydrogens (primary N) is 1. The molecule has 0 aliphatic rings. The average molecular weight is 491 g/mol. The van der Waals surface area contributed by atoms with Crippen molar-refractivity contribution in [2.75, 3.05) is 0 Å². The van der Waals surface area contributed by atoms with E-state index in [1.807, 2.05) is 71.9 Å². The number of carboxylic acid groups (broad SMARTS) is 1. The lowest BCUT2D eigenvalue weighted by atomic mass is 9.95. The molecule has 0 bridgehead atoms. The molecule has 0 heterocycles. The number of benzene rings is 1. The Morgan fingerprint density at radius 1 is 0.857 bits per heavy atom. The molecule has 0 aromatic heterocycles. The molecular weight excluding hydrogens is 448 g/mol. The Morgan fingerprint density at radius 2 is 1.43 bits per heavy atom. The lowest BCUT2D eigenvalue weighted by Crippen LogP contribution is -2.59. The second kappa shape index (κ2) is 14.5. The van der Waals surface area contributed by atoms with Crippen molar-refractivity contribution < 1.29 is 24.3 Å². The van der Waals surface area contributed by atoms with E-state index >= 15 is 0 Å². The number of carbonyl (C=O) groups excluding carboxylic acids is 3. The molecule has 0 radical (unpaired) electrons. The number of nitrogens with one attached hydrogen (secondary N) is 3. The first kappa shape index (κ1) is 30.1. The SMILES string of the molecule is CCC(C)C(NC(=O)C(N)C(C)C)C(=O)NC(Cc1ccccc1)C(=O)NC(CC(C)C)C(=O)O. The topological polar surface area (TPSA) is 151 Å². The van der Waals surface area contributed by atoms with Crippen LogP contribution in [0.15, 0.2) is 30.3 Å². The van der Waals surface area contributed by atoms with E-state index in [2.05, 4.69) is 16.0 Å². The Hall–Kier alpha value is -2.94. The predicted molar refractivity (Wildman–Crippen MR) is 135 cm³/mol. The van der Waals surface area contributed by atoms with Crippen LogP contribution < -0.4 is 21.7 Å². The molecule has 35 heavy (non-hydrogen) atoms. The first-order valence-electron chi connectivity index (χ1n) is 12.3. The quantitative estimate of drug-likeness (QED) is 0.268. The molecule has 5 atom stereocenters. The number of carboxylic acids is 1. The average Bonchev–Trinajstić information content (AvgIpc) is 2.80. The van der Waals surface area contributed by atoms with Crippen molar-refractivity contribution in [1.82, 2.24) is 16.0 Å². The maximum absolute atomic E-state index is 13.3. The van der Waals surface area contributed by atoms with Gasteiger partial charge >= 0.3 is 5.97 Å². The fourth-order valence-corrected chi connectivity index (χ4v) is 3.54. The van der Waals surface area contributed by atoms with Gasteiger partial charge in [0, 0.05) is 6.42 Å². The summed E-state index contributed by atoms with van der Waals surface area (Å²) in [5, 5.41) is 17.6. The molecule has 1 aromatic carbocycles. The first-order valence-corrected chi connectivity index (χ1v) is 12.3. The van der Waals surface area contributed by atoms with Gasteiger partial charge in [0.15, 0.2) is 0 Å². The van der Waals surface area contributed by atoms with Gasteiger partial charge in [-0.05, 0) is 29.7 Å². The zero-order valence-corrected chi connectivity index (χ0v) is 21.7. The van der Waals surface area contributed by atoms with Gasteiger partial charge in [0.1, 0.15) is 18.1 Å². The maximum Gasteiger partial charge on any atom is 0.326 e. The highest BCUT2D eigenvalue weighted by molar-refractivity contribution is 5.94. The molecule has 9 heteroatoms. The fraction of sp³-hybridized carbons (Fsp3) is 0.615. The third-order valence-corrected chi connectivity index (χ3v) is 6.05. The predicted octanol–water partition coefficient (Wildman–Crippen LogP) is 1.84. The van der Waals surface area contributed by atoms with E-state index in [4.69, 9.17) is 5.73 Å². The van der Waals surface area contributed by atoms with Gasteiger partial charge in [0.25, 0.3) is 0 Å². The molecule has 6 N–H and O–H groups in total. The summed E-state index contributed by atoms with van der Waals surface area (Å²) in [6.45, 7) is 11.1. The van der Waals surface area contributed by atoms with Crippen LogP contribution in [0.4, 0.5) is 0 Å². The Balaban J connectivity index is 3.16. The molecule has 196 valence electrons. The molecule has 0 aliphatic heterocycles. The maximum atomic E-state index is 13.3. The van der Waals surface area contributed by atoms with Crippen LogP contribution in [-0.4, -0.2) is 53.0 Å². The molecule has 0 aliphatic carbocycles. The lowest BCUT2D eigenvalue weighted by Gasteiger charge is -2.28. The smallest absolute Gasteiger partial charge is 0.326 e. The molecule has 1 rings (SSSR count). The van der Waals surface area contributed by atoms with Crippen LogP contribution in [0.2, 0.25) is 0 Å². The lowest BCUT2D eigenvalue weighted by molar-refractivity contribution is -0.142. The number of carbonyl (C=O) groups is 4. The second-order valence-corrected chi connectivity index (χ2v) is 9.92. The van der Waals surface area contributed by atoms with Crippen molar-refractivity contribution in [2.24, 2.45) is 23.5 Å². The third-order valence-electron chi connectivity index (χ3n) is 6.05. The monoisotopic (exact) mass is 490 g/mol. The molecule has 3 amide bonds. The largest absolute Gasteiger partial charge is 0.480 e. The third kappa shape index (κ3) is 10.1. The highest BCUT2D eigenvalue weighted by atomic mass is 16.4. The molecule has 0 saturated heterocycles. The van der Waals surface area contributed by atoms with Crippen LogP contribution in [0.5, 0.6) is 0 Å². The zero-order valence-electron chi connectivity index (χ0n) is 21.7. The van der Waals surface area contributed by atoms with E-state index in [1.54, 1.807) is 0 Å². The summed E-state index contributed by atoms with van der Waals surface area (Å²) in [6.07, 6.45) is 1.03. The first-order chi connectivity index (χ1) is 16.4. The zero-order chi connectivity index (χ0) is 26.7. The second-order valence-electron chi connectivity index (χ2n) is 9.92. The minimum Gasteiger partial charge on any atom is -0.480 e. The Bertz CT molecular complexity index is 843. The van der Waals surface area contributed by atoms with Crippen LogP contribution in [-0.2, 0) is 25.6 Å². The van der Waals surface area contributed by atoms with Gasteiger partial charge in [0.05, 0.1) is 6.04 Å². The fourth-order valence-electron chi connectivity index (χ4n) is 3.54. The van der Waals surface area contributed by atoms with E-state index in [0.717, 1.165) is 5.56 Å². The highest BCUT2D eigenvalue weighted by Crippen LogP contribution is 2.12. The van der Waals surface area contributed by atoms with Crippen molar-refractivity contribution in [1.29, 1.82) is 0 Å². The van der Waals surface area contributed by atoms with Gasteiger partial charge in [-0.2, -0.15) is 0 Å². The summed E-state index contributed by atoms with van der Waals surface area (Å²) >= 11 is 0. The van der Waals surface area contributed by atoms with E-state index in [9.17, 15) is 24.3 Å². The summed E-state index contributed by atoms with van der Waals surface area (Å²) in [5.41, 5.74) is 6.76. The van der Waals surface area contributed by atoms with Crippen LogP contribution >= 0.6 is 0 Å². The van der Waals surface area contributed by atoms with Crippen molar-refractivity contribution in [2.45, 2.75) is 85.0 Å². The number of rotatable bonds is 14. The van der Waals surface area contributed by atoms with Gasteiger partial charge in [0.2, 0.25) is 17.7 Å². The summed E-state index contributed by atoms with van der Waals surface area (Å²) in [7, 11) is 0. The van der Waals surface area contributed by atoms with Crippen LogP contribution in [0.1, 0.15) is 59.9 Å². The van der Waals surface area contributed by atoms with Gasteiger partial charge < -0.3 is 26.8 Å². The molecular formula is C26H42N4O5. The summed E-state index contributed by atoms with van der Waals surface area (Å²) in [4.78, 5) is 50.8. The minimum atomic E-state index is -1.13. The van der Waals surface area contributed by atoms with E-state index < -0.39 is 47.9 Å². The van der Waals surface area contributed by atoms with E-state index in [-0.39, 0.29) is 30.6 Å². The van der Waals surface area contributed by atoms with Gasteiger partial charge in [-0.1, -0.05) is 78.3 Å². The van der Waals surface area contributed by atoms with E-state index in [1.165, 1.54) is 0 Å². The van der Waals surface area contributed by atoms with Gasteiger partial charge in [-0.15, -0.1) is 0 Å². The molecule has 0 spiro atoms. The standard InChI is InChI=1S/C26H42N4O5/c1-7-17(6)22(30-24(32)21(27)16(4)5)25(33)28-19(14-18-11-9-8-10-12-18)23(31)29-20(26(34)35)13-15(2)3/h8-12,15-17,19-22H,7,13-14,27H2,1-6H3,(H,28,33)(H,29,31)(H,30,32)(H,34,35). The number of hydrogen-bond donors (Lipinski definition) is 5. The van der Waals surface area contributed by atoms with Gasteiger partial charge in [-0.25, -0.2) is 4.79 Å². The molecule has 0 fully saturated rings. The molecule has 1 aromatic rings. The van der Waals surface area contributed by atoms with Crippen molar-refractivity contribution >= 4 is 23.7 Å². The molecule has 0 saturated carbocycles. The summed E-state index contributed by atoms with van der Waals surface area (Å²) in [5.74, 6) is -2.96. The summed E-state index contributed by atoms with van der Waals surface area (Å²) in [6, 6.07) is 5.36. The Kier molecular flexibility index (Phi) is 12.4. The van der Waals surface area contributed by atoms with Crippen molar-refractivity contribution in [3.8, 4) is 0 Å². The normalized spacial score (nSPS) is 15.6. The minimum absolute atomic E-state index is 0.0497. The molecule has 9 nitrogen and oxygen atoms in total. The van der Waals surface area contributed by atoms with Crippen LogP contribution in [0.3, 0.4) is 0 Å². The molecule has 5 unspecified atom stereocenters. The van der Waals surface area contributed by atoms with Crippen LogP contribution in [0, 0.1) is 17.8 Å². The Labute approximate surface area is 208 Å². The van der Waals surface area contributed by atoms with Crippen LogP contribution in [0.25, 0.3) is 0 Å².